The van der Waals surface area contributed by atoms with E-state index < -0.39 is 0 Å². The van der Waals surface area contributed by atoms with E-state index in [-0.39, 0.29) is 11.9 Å². The van der Waals surface area contributed by atoms with E-state index >= 15 is 0 Å². The van der Waals surface area contributed by atoms with Crippen molar-refractivity contribution >= 4 is 5.91 Å². The molecule has 1 aliphatic heterocycles. The maximum Gasteiger partial charge on any atom is 0.239 e. The monoisotopic (exact) mass is 365 g/mol. The molecule has 0 bridgehead atoms. The van der Waals surface area contributed by atoms with Gasteiger partial charge in [0.25, 0.3) is 0 Å². The van der Waals surface area contributed by atoms with Crippen LogP contribution < -0.4 is 20.9 Å². The normalized spacial score (nSPS) is 24.2. The zero-order chi connectivity index (χ0) is 18.5. The fourth-order valence-electron chi connectivity index (χ4n) is 4.14. The Morgan fingerprint density at radius 2 is 1.70 bits per heavy atom. The van der Waals surface area contributed by atoms with E-state index in [9.17, 15) is 4.79 Å². The number of benzene rings is 2. The molecule has 1 saturated heterocycles. The van der Waals surface area contributed by atoms with Crippen molar-refractivity contribution in [3.8, 4) is 5.75 Å². The van der Waals surface area contributed by atoms with E-state index in [4.69, 9.17) is 4.74 Å². The lowest BCUT2D eigenvalue weighted by molar-refractivity contribution is -0.124. The summed E-state index contributed by atoms with van der Waals surface area (Å²) in [6.45, 7) is 1.01. The van der Waals surface area contributed by atoms with Crippen LogP contribution >= 0.6 is 0 Å². The van der Waals surface area contributed by atoms with Crippen LogP contribution in [-0.4, -0.2) is 18.0 Å². The summed E-state index contributed by atoms with van der Waals surface area (Å²) in [5.41, 5.74) is 8.70. The quantitative estimate of drug-likeness (QED) is 0.737. The van der Waals surface area contributed by atoms with Crippen molar-refractivity contribution in [2.24, 2.45) is 5.92 Å². The largest absolute Gasteiger partial charge is 0.489 e. The summed E-state index contributed by atoms with van der Waals surface area (Å²) < 4.78 is 5.87. The zero-order valence-electron chi connectivity index (χ0n) is 15.5. The van der Waals surface area contributed by atoms with Crippen LogP contribution in [0.5, 0.6) is 5.75 Å². The third-order valence-electron chi connectivity index (χ3n) is 5.66. The lowest BCUT2D eigenvalue weighted by Gasteiger charge is -2.26. The topological polar surface area (TPSA) is 62.4 Å². The smallest absolute Gasteiger partial charge is 0.239 e. The van der Waals surface area contributed by atoms with Gasteiger partial charge in [-0.25, -0.2) is 5.43 Å². The highest BCUT2D eigenvalue weighted by atomic mass is 16.5. The molecule has 4 rings (SSSR count). The van der Waals surface area contributed by atoms with Crippen molar-refractivity contribution in [3.63, 3.8) is 0 Å². The predicted octanol–water partition coefficient (Wildman–Crippen LogP) is 2.92. The summed E-state index contributed by atoms with van der Waals surface area (Å²) in [6.07, 6.45) is 4.73. The Bertz CT molecular complexity index is 765. The van der Waals surface area contributed by atoms with Gasteiger partial charge >= 0.3 is 0 Å². The Hall–Kier alpha value is -2.37. The first-order valence-electron chi connectivity index (χ1n) is 9.84. The Balaban J connectivity index is 1.35. The van der Waals surface area contributed by atoms with Gasteiger partial charge in [-0.2, -0.15) is 0 Å². The second kappa shape index (κ2) is 8.55. The first-order valence-corrected chi connectivity index (χ1v) is 9.84. The van der Waals surface area contributed by atoms with Gasteiger partial charge in [0.2, 0.25) is 5.91 Å². The number of nitrogens with one attached hydrogen (secondary N) is 3. The lowest BCUT2D eigenvalue weighted by Crippen LogP contribution is -2.45. The van der Waals surface area contributed by atoms with Gasteiger partial charge in [-0.05, 0) is 36.1 Å². The zero-order valence-corrected chi connectivity index (χ0v) is 15.5. The molecule has 27 heavy (non-hydrogen) atoms. The highest BCUT2D eigenvalue weighted by molar-refractivity contribution is 5.82. The first kappa shape index (κ1) is 18.0. The maximum atomic E-state index is 12.7. The van der Waals surface area contributed by atoms with Crippen LogP contribution in [0.15, 0.2) is 54.6 Å². The average molecular weight is 365 g/mol. The molecule has 0 aromatic heterocycles. The van der Waals surface area contributed by atoms with Crippen molar-refractivity contribution in [2.45, 2.75) is 50.9 Å². The molecule has 1 saturated carbocycles. The van der Waals surface area contributed by atoms with Crippen LogP contribution in [0.2, 0.25) is 0 Å². The molecule has 1 aliphatic carbocycles. The van der Waals surface area contributed by atoms with Gasteiger partial charge in [0.05, 0.1) is 0 Å². The minimum Gasteiger partial charge on any atom is -0.489 e. The first-order chi connectivity index (χ1) is 13.3. The summed E-state index contributed by atoms with van der Waals surface area (Å²) in [5, 5.41) is 3.12. The number of amides is 1. The Kier molecular flexibility index (Phi) is 5.70. The van der Waals surface area contributed by atoms with Crippen molar-refractivity contribution in [1.82, 2.24) is 16.2 Å². The van der Waals surface area contributed by atoms with Gasteiger partial charge in [-0.15, -0.1) is 0 Å². The van der Waals surface area contributed by atoms with Gasteiger partial charge < -0.3 is 10.1 Å². The van der Waals surface area contributed by atoms with E-state index in [2.05, 4.69) is 22.2 Å². The van der Waals surface area contributed by atoms with Crippen LogP contribution in [0, 0.1) is 5.92 Å². The third-order valence-corrected chi connectivity index (χ3v) is 5.66. The highest BCUT2D eigenvalue weighted by Gasteiger charge is 2.40. The number of ether oxygens (including phenoxy) is 1. The number of hydrogen-bond donors (Lipinski definition) is 3. The van der Waals surface area contributed by atoms with E-state index in [1.807, 2.05) is 48.5 Å². The molecule has 3 N–H and O–H groups in total. The van der Waals surface area contributed by atoms with Gasteiger partial charge in [0.1, 0.15) is 18.4 Å². The summed E-state index contributed by atoms with van der Waals surface area (Å²) in [4.78, 5) is 12.7. The van der Waals surface area contributed by atoms with Crippen molar-refractivity contribution < 1.29 is 9.53 Å². The highest BCUT2D eigenvalue weighted by Crippen LogP contribution is 2.30. The molecule has 3 unspecified atom stereocenters. The molecular weight excluding hydrogens is 338 g/mol. The molecule has 0 radical (unpaired) electrons. The summed E-state index contributed by atoms with van der Waals surface area (Å²) in [7, 11) is 0. The van der Waals surface area contributed by atoms with Crippen molar-refractivity contribution in [3.05, 3.63) is 65.7 Å². The Morgan fingerprint density at radius 3 is 2.56 bits per heavy atom. The molecule has 2 fully saturated rings. The number of fused-ring (bicyclic) bond motifs is 1. The lowest BCUT2D eigenvalue weighted by atomic mass is 9.81. The molecule has 2 aliphatic rings. The molecule has 3 atom stereocenters. The molecular formula is C22H27N3O2. The molecule has 2 aromatic carbocycles. The van der Waals surface area contributed by atoms with Crippen LogP contribution in [0.3, 0.4) is 0 Å². The fraction of sp³-hybridized carbons (Fsp3) is 0.409. The summed E-state index contributed by atoms with van der Waals surface area (Å²) >= 11 is 0. The van der Waals surface area contributed by atoms with Crippen molar-refractivity contribution in [2.75, 3.05) is 0 Å². The Morgan fingerprint density at radius 1 is 0.963 bits per heavy atom. The molecule has 2 aromatic rings. The van der Waals surface area contributed by atoms with Gasteiger partial charge in [-0.3, -0.25) is 10.2 Å². The van der Waals surface area contributed by atoms with E-state index in [0.29, 0.717) is 25.1 Å². The summed E-state index contributed by atoms with van der Waals surface area (Å²) in [6, 6.07) is 18.2. The van der Waals surface area contributed by atoms with E-state index in [1.54, 1.807) is 0 Å². The fourth-order valence-corrected chi connectivity index (χ4v) is 4.14. The molecule has 1 heterocycles. The molecule has 142 valence electrons. The number of carbonyl (C=O) groups is 1. The number of hydrazine groups is 1. The van der Waals surface area contributed by atoms with E-state index in [1.165, 1.54) is 12.8 Å². The van der Waals surface area contributed by atoms with Crippen LogP contribution in [0.1, 0.15) is 36.8 Å². The molecule has 1 amide bonds. The second-order valence-electron chi connectivity index (χ2n) is 7.41. The summed E-state index contributed by atoms with van der Waals surface area (Å²) in [5.74, 6) is 1.33. The minimum atomic E-state index is -0.136. The van der Waals surface area contributed by atoms with Gasteiger partial charge in [-0.1, -0.05) is 55.3 Å². The van der Waals surface area contributed by atoms with Gasteiger partial charge in [0.15, 0.2) is 0 Å². The van der Waals surface area contributed by atoms with Crippen molar-refractivity contribution in [1.29, 1.82) is 0 Å². The second-order valence-corrected chi connectivity index (χ2v) is 7.41. The molecule has 5 heteroatoms. The Labute approximate surface area is 160 Å². The minimum absolute atomic E-state index is 0.0793. The standard InChI is InChI=1S/C22H27N3O2/c26-22(21-19-12-6-7-13-20(19)24-25-21)23-14-16-8-4-5-9-17(16)15-27-18-10-2-1-3-11-18/h1-5,8-11,19-21,24-25H,6-7,12-15H2,(H,23,26). The molecule has 0 spiro atoms. The number of carbonyl (C=O) groups excluding carboxylic acids is 1. The predicted molar refractivity (Wildman–Crippen MR) is 105 cm³/mol. The molecule has 5 nitrogen and oxygen atoms in total. The SMILES string of the molecule is O=C(NCc1ccccc1COc1ccccc1)C1NNC2CCCCC21. The third kappa shape index (κ3) is 4.31. The number of rotatable bonds is 6. The van der Waals surface area contributed by atoms with Crippen LogP contribution in [0.25, 0.3) is 0 Å². The number of hydrogen-bond acceptors (Lipinski definition) is 4. The number of para-hydroxylation sites is 1. The van der Waals surface area contributed by atoms with E-state index in [0.717, 1.165) is 29.7 Å². The van der Waals surface area contributed by atoms with Gasteiger partial charge in [0, 0.05) is 18.5 Å². The average Bonchev–Trinajstić information content (AvgIpc) is 3.16. The van der Waals surface area contributed by atoms with Crippen LogP contribution in [0.4, 0.5) is 0 Å². The maximum absolute atomic E-state index is 12.7. The van der Waals surface area contributed by atoms with Crippen LogP contribution in [-0.2, 0) is 17.9 Å².